The van der Waals surface area contributed by atoms with Gasteiger partial charge in [0.1, 0.15) is 11.3 Å². The molecule has 3 aliphatic rings. The van der Waals surface area contributed by atoms with Crippen molar-refractivity contribution in [3.63, 3.8) is 0 Å². The molecular formula is C24H32N6O3. The van der Waals surface area contributed by atoms with Crippen molar-refractivity contribution < 1.29 is 14.3 Å². The normalized spacial score (nSPS) is 22.8. The number of amides is 3. The number of rotatable bonds is 6. The molecule has 1 aliphatic carbocycles. The number of hydrogen-bond donors (Lipinski definition) is 1. The molecule has 9 heteroatoms. The van der Waals surface area contributed by atoms with Crippen LogP contribution < -0.4 is 5.32 Å². The summed E-state index contributed by atoms with van der Waals surface area (Å²) in [6.07, 6.45) is 2.61. The lowest BCUT2D eigenvalue weighted by atomic mass is 9.94. The van der Waals surface area contributed by atoms with Gasteiger partial charge in [0.2, 0.25) is 5.91 Å². The summed E-state index contributed by atoms with van der Waals surface area (Å²) >= 11 is 0. The Balaban J connectivity index is 1.23. The SMILES string of the molecule is CCN(CC)C(=O)NCc1nnn2c1COC1(CCN(C(=O)C3(c4ccccc4)CC3)C1)C2. The van der Waals surface area contributed by atoms with E-state index in [0.717, 1.165) is 36.2 Å². The third-order valence-corrected chi connectivity index (χ3v) is 7.42. The molecule has 1 aromatic heterocycles. The zero-order valence-electron chi connectivity index (χ0n) is 19.4. The molecule has 5 rings (SSSR count). The van der Waals surface area contributed by atoms with Crippen LogP contribution in [-0.4, -0.2) is 68.5 Å². The molecule has 1 N–H and O–H groups in total. The van der Waals surface area contributed by atoms with Gasteiger partial charge in [0.25, 0.3) is 0 Å². The summed E-state index contributed by atoms with van der Waals surface area (Å²) < 4.78 is 8.24. The van der Waals surface area contributed by atoms with Crippen LogP contribution in [0, 0.1) is 0 Å². The minimum atomic E-state index is -0.426. The molecule has 0 bridgehead atoms. The first-order chi connectivity index (χ1) is 16.0. The number of fused-ring (bicyclic) bond motifs is 1. The smallest absolute Gasteiger partial charge is 0.317 e. The highest BCUT2D eigenvalue weighted by Crippen LogP contribution is 2.50. The van der Waals surface area contributed by atoms with Gasteiger partial charge < -0.3 is 19.9 Å². The maximum absolute atomic E-state index is 13.5. The van der Waals surface area contributed by atoms with Gasteiger partial charge >= 0.3 is 6.03 Å². The molecule has 33 heavy (non-hydrogen) atoms. The number of aromatic nitrogens is 3. The second-order valence-corrected chi connectivity index (χ2v) is 9.37. The van der Waals surface area contributed by atoms with Gasteiger partial charge in [0, 0.05) is 19.6 Å². The van der Waals surface area contributed by atoms with E-state index >= 15 is 0 Å². The van der Waals surface area contributed by atoms with Crippen LogP contribution >= 0.6 is 0 Å². The molecule has 1 spiro atoms. The van der Waals surface area contributed by atoms with Crippen LogP contribution in [0.3, 0.4) is 0 Å². The average Bonchev–Trinajstić information content (AvgIpc) is 3.42. The summed E-state index contributed by atoms with van der Waals surface area (Å²) in [6, 6.07) is 10.0. The molecule has 1 saturated carbocycles. The lowest BCUT2D eigenvalue weighted by Crippen LogP contribution is -2.47. The van der Waals surface area contributed by atoms with Crippen molar-refractivity contribution >= 4 is 11.9 Å². The van der Waals surface area contributed by atoms with Gasteiger partial charge in [0.05, 0.1) is 37.4 Å². The van der Waals surface area contributed by atoms with Crippen molar-refractivity contribution in [1.29, 1.82) is 0 Å². The molecule has 1 atom stereocenters. The quantitative estimate of drug-likeness (QED) is 0.724. The summed E-state index contributed by atoms with van der Waals surface area (Å²) in [4.78, 5) is 29.4. The van der Waals surface area contributed by atoms with E-state index in [0.29, 0.717) is 45.9 Å². The minimum Gasteiger partial charge on any atom is -0.365 e. The predicted octanol–water partition coefficient (Wildman–Crippen LogP) is 2.06. The number of hydrogen-bond acceptors (Lipinski definition) is 5. The van der Waals surface area contributed by atoms with Gasteiger partial charge in [0.15, 0.2) is 0 Å². The molecule has 3 amide bonds. The Morgan fingerprint density at radius 2 is 1.88 bits per heavy atom. The van der Waals surface area contributed by atoms with Gasteiger partial charge in [-0.2, -0.15) is 0 Å². The maximum Gasteiger partial charge on any atom is 0.317 e. The fraction of sp³-hybridized carbons (Fsp3) is 0.583. The van der Waals surface area contributed by atoms with E-state index < -0.39 is 5.60 Å². The fourth-order valence-electron chi connectivity index (χ4n) is 5.19. The number of carbonyl (C=O) groups is 2. The van der Waals surface area contributed by atoms with E-state index in [-0.39, 0.29) is 17.4 Å². The number of ether oxygens (including phenoxy) is 1. The zero-order valence-corrected chi connectivity index (χ0v) is 19.4. The first kappa shape index (κ1) is 21.9. The van der Waals surface area contributed by atoms with Gasteiger partial charge in [-0.3, -0.25) is 4.79 Å². The Hall–Kier alpha value is -2.94. The van der Waals surface area contributed by atoms with Crippen molar-refractivity contribution in [2.75, 3.05) is 26.2 Å². The van der Waals surface area contributed by atoms with E-state index in [1.807, 2.05) is 41.6 Å². The Morgan fingerprint density at radius 3 is 2.58 bits per heavy atom. The van der Waals surface area contributed by atoms with Crippen LogP contribution in [-0.2, 0) is 34.6 Å². The second kappa shape index (κ2) is 8.44. The highest BCUT2D eigenvalue weighted by molar-refractivity contribution is 5.91. The Morgan fingerprint density at radius 1 is 1.12 bits per heavy atom. The van der Waals surface area contributed by atoms with Gasteiger partial charge in [-0.05, 0) is 38.7 Å². The molecule has 2 aromatic rings. The molecule has 1 aromatic carbocycles. The zero-order chi connectivity index (χ0) is 23.1. The standard InChI is InChI=1S/C24H32N6O3/c1-3-28(4-2)22(32)25-14-19-20-15-33-23(17-30(20)27-26-19)12-13-29(16-23)21(31)24(10-11-24)18-8-6-5-7-9-18/h5-9H,3-4,10-17H2,1-2H3,(H,25,32). The third kappa shape index (κ3) is 3.88. The molecular weight excluding hydrogens is 420 g/mol. The van der Waals surface area contributed by atoms with E-state index in [1.165, 1.54) is 0 Å². The topological polar surface area (TPSA) is 92.6 Å². The molecule has 1 unspecified atom stereocenters. The first-order valence-electron chi connectivity index (χ1n) is 11.9. The van der Waals surface area contributed by atoms with Gasteiger partial charge in [-0.15, -0.1) is 5.10 Å². The van der Waals surface area contributed by atoms with Gasteiger partial charge in [-0.1, -0.05) is 35.5 Å². The van der Waals surface area contributed by atoms with Crippen LogP contribution in [0.15, 0.2) is 30.3 Å². The summed E-state index contributed by atoms with van der Waals surface area (Å²) in [6.45, 7) is 7.79. The lowest BCUT2D eigenvalue weighted by Gasteiger charge is -2.34. The number of benzene rings is 1. The van der Waals surface area contributed by atoms with E-state index in [9.17, 15) is 9.59 Å². The molecule has 1 saturated heterocycles. The number of nitrogens with one attached hydrogen (secondary N) is 1. The third-order valence-electron chi connectivity index (χ3n) is 7.42. The van der Waals surface area contributed by atoms with Gasteiger partial charge in [-0.25, -0.2) is 9.48 Å². The Kier molecular flexibility index (Phi) is 5.60. The Labute approximate surface area is 194 Å². The lowest BCUT2D eigenvalue weighted by molar-refractivity contribution is -0.136. The van der Waals surface area contributed by atoms with Crippen molar-refractivity contribution in [3.05, 3.63) is 47.3 Å². The number of likely N-dealkylation sites (tertiary alicyclic amines) is 1. The minimum absolute atomic E-state index is 0.104. The van der Waals surface area contributed by atoms with Crippen LogP contribution in [0.2, 0.25) is 0 Å². The summed E-state index contributed by atoms with van der Waals surface area (Å²) in [5, 5.41) is 11.6. The van der Waals surface area contributed by atoms with E-state index in [2.05, 4.69) is 27.8 Å². The summed E-state index contributed by atoms with van der Waals surface area (Å²) in [5.74, 6) is 0.221. The molecule has 3 heterocycles. The van der Waals surface area contributed by atoms with Crippen molar-refractivity contribution in [2.24, 2.45) is 0 Å². The molecule has 0 radical (unpaired) electrons. The molecule has 2 fully saturated rings. The average molecular weight is 453 g/mol. The van der Waals surface area contributed by atoms with Crippen molar-refractivity contribution in [3.8, 4) is 0 Å². The first-order valence-corrected chi connectivity index (χ1v) is 11.9. The number of urea groups is 1. The highest BCUT2D eigenvalue weighted by atomic mass is 16.5. The summed E-state index contributed by atoms with van der Waals surface area (Å²) in [7, 11) is 0. The van der Waals surface area contributed by atoms with Crippen LogP contribution in [0.4, 0.5) is 4.79 Å². The monoisotopic (exact) mass is 452 g/mol. The van der Waals surface area contributed by atoms with Crippen molar-refractivity contribution in [2.45, 2.75) is 63.8 Å². The van der Waals surface area contributed by atoms with Crippen molar-refractivity contribution in [1.82, 2.24) is 30.1 Å². The fourth-order valence-corrected chi connectivity index (χ4v) is 5.19. The van der Waals surface area contributed by atoms with Crippen LogP contribution in [0.25, 0.3) is 0 Å². The summed E-state index contributed by atoms with van der Waals surface area (Å²) in [5.41, 5.74) is 1.97. The Bertz CT molecular complexity index is 1030. The maximum atomic E-state index is 13.5. The predicted molar refractivity (Wildman–Crippen MR) is 121 cm³/mol. The largest absolute Gasteiger partial charge is 0.365 e. The molecule has 176 valence electrons. The van der Waals surface area contributed by atoms with Crippen LogP contribution in [0.1, 0.15) is 50.1 Å². The number of carbonyl (C=O) groups excluding carboxylic acids is 2. The number of nitrogens with zero attached hydrogens (tertiary/aromatic N) is 5. The van der Waals surface area contributed by atoms with E-state index in [1.54, 1.807) is 4.90 Å². The molecule has 9 nitrogen and oxygen atoms in total. The van der Waals surface area contributed by atoms with E-state index in [4.69, 9.17) is 4.74 Å². The highest BCUT2D eigenvalue weighted by Gasteiger charge is 2.55. The second-order valence-electron chi connectivity index (χ2n) is 9.37. The molecule has 2 aliphatic heterocycles. The van der Waals surface area contributed by atoms with Crippen LogP contribution in [0.5, 0.6) is 0 Å².